The molecule has 6 nitrogen and oxygen atoms in total. The molecule has 0 atom stereocenters. The molecular formula is C61H34B2N6. The van der Waals surface area contributed by atoms with Gasteiger partial charge in [-0.05, 0) is 109 Å². The molecule has 314 valence electrons. The molecule has 0 saturated heterocycles. The van der Waals surface area contributed by atoms with Crippen LogP contribution in [0.4, 0.5) is 0 Å². The van der Waals surface area contributed by atoms with Crippen LogP contribution < -0.4 is 32.8 Å². The molecule has 0 aliphatic carbocycles. The molecule has 7 aliphatic heterocycles. The van der Waals surface area contributed by atoms with Gasteiger partial charge >= 0.3 is 0 Å². The van der Waals surface area contributed by atoms with Crippen molar-refractivity contribution < 1.29 is 0 Å². The highest BCUT2D eigenvalue weighted by atomic mass is 15.1. The summed E-state index contributed by atoms with van der Waals surface area (Å²) in [4.78, 5) is 10.8. The average Bonchev–Trinajstić information content (AvgIpc) is 3.41. The first-order valence-corrected chi connectivity index (χ1v) is 24.5. The summed E-state index contributed by atoms with van der Waals surface area (Å²) < 4.78 is 10.9. The van der Waals surface area contributed by atoms with Crippen LogP contribution in [-0.4, -0.2) is 41.7 Å². The Bertz CT molecular complexity index is 4530. The van der Waals surface area contributed by atoms with Crippen molar-refractivity contribution in [1.82, 2.24) is 28.2 Å². The molecule has 0 N–H and O–H groups in total. The quantitative estimate of drug-likeness (QED) is 0.132. The Balaban J connectivity index is 1.03. The predicted octanol–water partition coefficient (Wildman–Crippen LogP) is 8.38. The van der Waals surface area contributed by atoms with E-state index in [1.165, 1.54) is 133 Å². The van der Waals surface area contributed by atoms with Gasteiger partial charge in [0.1, 0.15) is 0 Å². The number of benzene rings is 9. The summed E-state index contributed by atoms with van der Waals surface area (Å²) in [6.45, 7) is 0.0816. The fourth-order valence-corrected chi connectivity index (χ4v) is 14.8. The highest BCUT2D eigenvalue weighted by Gasteiger charge is 2.51. The lowest BCUT2D eigenvalue weighted by atomic mass is 9.29. The van der Waals surface area contributed by atoms with E-state index in [0.717, 1.165) is 53.2 Å². The van der Waals surface area contributed by atoms with E-state index in [1.807, 2.05) is 0 Å². The van der Waals surface area contributed by atoms with Gasteiger partial charge in [-0.2, -0.15) is 0 Å². The molecule has 7 aliphatic rings. The van der Waals surface area contributed by atoms with Gasteiger partial charge in [0.15, 0.2) is 5.82 Å². The van der Waals surface area contributed by atoms with Crippen molar-refractivity contribution in [2.45, 2.75) is 19.3 Å². The van der Waals surface area contributed by atoms with Crippen LogP contribution >= 0.6 is 0 Å². The first-order valence-electron chi connectivity index (χ1n) is 24.5. The van der Waals surface area contributed by atoms with Crippen molar-refractivity contribution >= 4 is 90.3 Å². The zero-order valence-corrected chi connectivity index (χ0v) is 37.1. The Hall–Kier alpha value is -8.61. The maximum atomic E-state index is 5.40. The third kappa shape index (κ3) is 3.85. The summed E-state index contributed by atoms with van der Waals surface area (Å²) >= 11 is 0. The molecule has 0 radical (unpaired) electrons. The SMILES string of the molecule is c1ccc(-c2cc(-c3ccccc3)nc(-c3ccc4c(c3)B3c5ccccc5-n5c6cccc7c6n6c8c9c%10c(c3c85)n-4c3cccc4c3n%10-c3c(ccc5c3B9c3c(ccc(c3-6)C7)C5)C4)n2)cc1. The Kier molecular flexibility index (Phi) is 5.80. The Morgan fingerprint density at radius 1 is 0.333 bits per heavy atom. The summed E-state index contributed by atoms with van der Waals surface area (Å²) in [6, 6.07) is 63.7. The highest BCUT2D eigenvalue weighted by molar-refractivity contribution is 7.04. The van der Waals surface area contributed by atoms with Crippen LogP contribution in [0.25, 0.3) is 101 Å². The molecule has 12 aromatic rings. The van der Waals surface area contributed by atoms with Crippen LogP contribution in [0.3, 0.4) is 0 Å². The number of aromatic nitrogens is 6. The van der Waals surface area contributed by atoms with Crippen LogP contribution in [0.2, 0.25) is 0 Å². The van der Waals surface area contributed by atoms with E-state index in [2.05, 4.69) is 188 Å². The van der Waals surface area contributed by atoms with Crippen molar-refractivity contribution in [2.75, 3.05) is 0 Å². The highest BCUT2D eigenvalue weighted by Crippen LogP contribution is 2.47. The summed E-state index contributed by atoms with van der Waals surface area (Å²) in [5.74, 6) is 0.727. The van der Waals surface area contributed by atoms with E-state index >= 15 is 0 Å². The van der Waals surface area contributed by atoms with Crippen molar-refractivity contribution in [3.8, 4) is 56.7 Å². The normalized spacial score (nSPS) is 14.4. The van der Waals surface area contributed by atoms with Crippen molar-refractivity contribution in [3.05, 3.63) is 203 Å². The second-order valence-corrected chi connectivity index (χ2v) is 20.3. The summed E-state index contributed by atoms with van der Waals surface area (Å²) in [5, 5.41) is 0. The molecule has 69 heavy (non-hydrogen) atoms. The van der Waals surface area contributed by atoms with Crippen LogP contribution in [0.15, 0.2) is 170 Å². The van der Waals surface area contributed by atoms with Gasteiger partial charge in [-0.25, -0.2) is 9.97 Å². The van der Waals surface area contributed by atoms with Crippen LogP contribution in [0.5, 0.6) is 0 Å². The van der Waals surface area contributed by atoms with Gasteiger partial charge in [0, 0.05) is 52.3 Å². The molecule has 0 bridgehead atoms. The molecule has 0 spiro atoms. The van der Waals surface area contributed by atoms with Crippen molar-refractivity contribution in [1.29, 1.82) is 0 Å². The fourth-order valence-electron chi connectivity index (χ4n) is 14.8. The molecule has 0 unspecified atom stereocenters. The van der Waals surface area contributed by atoms with Crippen molar-refractivity contribution in [3.63, 3.8) is 0 Å². The lowest BCUT2D eigenvalue weighted by molar-refractivity contribution is 0.983. The van der Waals surface area contributed by atoms with E-state index in [9.17, 15) is 0 Å². The third-order valence-electron chi connectivity index (χ3n) is 17.2. The first-order chi connectivity index (χ1) is 34.2. The Morgan fingerprint density at radius 3 is 1.45 bits per heavy atom. The molecule has 19 rings (SSSR count). The van der Waals surface area contributed by atoms with Gasteiger partial charge in [-0.1, -0.05) is 133 Å². The minimum atomic E-state index is -0.0593. The van der Waals surface area contributed by atoms with Gasteiger partial charge in [-0.3, -0.25) is 0 Å². The smallest absolute Gasteiger partial charge is 0.253 e. The second-order valence-electron chi connectivity index (χ2n) is 20.3. The molecule has 9 aromatic carbocycles. The molecule has 10 heterocycles. The van der Waals surface area contributed by atoms with Crippen LogP contribution in [0.1, 0.15) is 33.4 Å². The average molecular weight is 873 g/mol. The van der Waals surface area contributed by atoms with E-state index in [4.69, 9.17) is 9.97 Å². The number of para-hydroxylation sites is 3. The largest absolute Gasteiger partial charge is 0.307 e. The molecule has 0 amide bonds. The first kappa shape index (κ1) is 34.7. The molecule has 8 heteroatoms. The van der Waals surface area contributed by atoms with E-state index < -0.39 is 0 Å². The number of fused-ring (bicyclic) bond motifs is 8. The predicted molar refractivity (Wildman–Crippen MR) is 281 cm³/mol. The van der Waals surface area contributed by atoms with Gasteiger partial charge in [0.25, 0.3) is 13.4 Å². The topological polar surface area (TPSA) is 45.5 Å². The summed E-state index contributed by atoms with van der Waals surface area (Å²) in [7, 11) is 0. The van der Waals surface area contributed by atoms with E-state index in [0.29, 0.717) is 0 Å². The number of nitrogens with zero attached hydrogens (tertiary/aromatic N) is 6. The van der Waals surface area contributed by atoms with E-state index in [-0.39, 0.29) is 13.4 Å². The van der Waals surface area contributed by atoms with Gasteiger partial charge < -0.3 is 18.3 Å². The molecular weight excluding hydrogens is 838 g/mol. The molecule has 3 aromatic heterocycles. The number of hydrogen-bond acceptors (Lipinski definition) is 2. The Labute approximate surface area is 395 Å². The Morgan fingerprint density at radius 2 is 0.841 bits per heavy atom. The lowest BCUT2D eigenvalue weighted by Gasteiger charge is -2.47. The molecule has 0 saturated carbocycles. The van der Waals surface area contributed by atoms with E-state index in [1.54, 1.807) is 0 Å². The lowest BCUT2D eigenvalue weighted by Crippen LogP contribution is -2.67. The molecule has 0 fully saturated rings. The summed E-state index contributed by atoms with van der Waals surface area (Å²) in [5.41, 5.74) is 38.1. The zero-order valence-electron chi connectivity index (χ0n) is 37.1. The maximum absolute atomic E-state index is 5.40. The third-order valence-corrected chi connectivity index (χ3v) is 17.2. The van der Waals surface area contributed by atoms with Crippen LogP contribution in [0, 0.1) is 0 Å². The van der Waals surface area contributed by atoms with Crippen molar-refractivity contribution in [2.24, 2.45) is 0 Å². The monoisotopic (exact) mass is 872 g/mol. The van der Waals surface area contributed by atoms with Gasteiger partial charge in [-0.15, -0.1) is 0 Å². The van der Waals surface area contributed by atoms with Crippen LogP contribution in [-0.2, 0) is 19.3 Å². The summed E-state index contributed by atoms with van der Waals surface area (Å²) in [6.07, 6.45) is 2.81. The zero-order chi connectivity index (χ0) is 44.1. The number of hydrogen-bond donors (Lipinski definition) is 0. The second kappa shape index (κ2) is 11.6. The number of rotatable bonds is 3. The standard InChI is InChI=1S/C61H34B2N6/c1-3-11-32(12-4-1)43-31-44(33-13-5-2-6-14-33)65-61(64-43)40-25-26-46-42(30-40)62-41-17-7-8-18-45(41)66-47-19-9-15-36-28-38-23-21-34-27-35-22-24-39-29-37-16-10-20-48-54(37)69-56(39)50(35)63-49(34)55(38)68(53(36)47)59-52(63)60(69)58(67(46)48)51(62)57(59)66/h1-26,30-31H,27-29H2. The maximum Gasteiger partial charge on any atom is 0.253 e. The fraction of sp³-hybridized carbons (Fsp3) is 0.0492. The van der Waals surface area contributed by atoms with Gasteiger partial charge in [0.05, 0.1) is 55.5 Å². The minimum absolute atomic E-state index is 0.0593. The van der Waals surface area contributed by atoms with Gasteiger partial charge in [0.2, 0.25) is 0 Å². The minimum Gasteiger partial charge on any atom is -0.307 e.